The molecule has 1 unspecified atom stereocenters. The number of carboxylic acid groups (broad SMARTS) is 1. The van der Waals surface area contributed by atoms with E-state index in [1.165, 1.54) is 7.11 Å². The Morgan fingerprint density at radius 2 is 2.14 bits per heavy atom. The molecule has 0 radical (unpaired) electrons. The fourth-order valence-corrected chi connectivity index (χ4v) is 5.21. The summed E-state index contributed by atoms with van der Waals surface area (Å²) in [6.07, 6.45) is 0.678. The van der Waals surface area contributed by atoms with Crippen molar-refractivity contribution in [2.75, 3.05) is 7.11 Å². The van der Waals surface area contributed by atoms with Gasteiger partial charge in [-0.05, 0) is 28.4 Å². The molecule has 0 aliphatic heterocycles. The van der Waals surface area contributed by atoms with Crippen LogP contribution in [-0.2, 0) is 19.6 Å². The zero-order chi connectivity index (χ0) is 16.2. The Hall–Kier alpha value is -0.970. The number of halogens is 1. The normalized spacial score (nSPS) is 12.9. The van der Waals surface area contributed by atoms with Crippen LogP contribution in [0.1, 0.15) is 29.4 Å². The molecule has 21 heavy (non-hydrogen) atoms. The van der Waals surface area contributed by atoms with Crippen molar-refractivity contribution in [1.29, 1.82) is 0 Å². The molecular formula is C11H14BrNO6S2. The molecular weight excluding hydrogens is 386 g/mol. The predicted molar refractivity (Wildman–Crippen MR) is 80.0 cm³/mol. The van der Waals surface area contributed by atoms with Gasteiger partial charge in [0.2, 0.25) is 10.0 Å². The summed E-state index contributed by atoms with van der Waals surface area (Å²) < 4.78 is 31.3. The van der Waals surface area contributed by atoms with Crippen molar-refractivity contribution in [3.63, 3.8) is 0 Å². The van der Waals surface area contributed by atoms with Crippen LogP contribution in [0.3, 0.4) is 0 Å². The number of rotatable bonds is 7. The quantitative estimate of drug-likeness (QED) is 0.676. The number of carbonyl (C=O) groups excluding carboxylic acids is 1. The van der Waals surface area contributed by atoms with Crippen molar-refractivity contribution < 1.29 is 27.9 Å². The van der Waals surface area contributed by atoms with Gasteiger partial charge in [-0.15, -0.1) is 11.3 Å². The van der Waals surface area contributed by atoms with Crippen LogP contribution in [-0.4, -0.2) is 38.6 Å². The van der Waals surface area contributed by atoms with Crippen LogP contribution < -0.4 is 4.72 Å². The van der Waals surface area contributed by atoms with E-state index in [9.17, 15) is 18.0 Å². The summed E-state index contributed by atoms with van der Waals surface area (Å²) >= 11 is 3.96. The summed E-state index contributed by atoms with van der Waals surface area (Å²) in [7, 11) is -2.87. The first-order valence-corrected chi connectivity index (χ1v) is 8.95. The van der Waals surface area contributed by atoms with Crippen molar-refractivity contribution in [3.05, 3.63) is 14.7 Å². The third-order valence-corrected chi connectivity index (χ3v) is 6.21. The van der Waals surface area contributed by atoms with Gasteiger partial charge in [-0.25, -0.2) is 13.2 Å². The van der Waals surface area contributed by atoms with Crippen LogP contribution in [0.15, 0.2) is 14.7 Å². The predicted octanol–water partition coefficient (Wildman–Crippen LogP) is 1.83. The number of sulfonamides is 1. The highest BCUT2D eigenvalue weighted by Gasteiger charge is 2.28. The number of hydrogen-bond acceptors (Lipinski definition) is 6. The van der Waals surface area contributed by atoms with E-state index in [0.717, 1.165) is 17.4 Å². The van der Waals surface area contributed by atoms with Gasteiger partial charge in [-0.3, -0.25) is 4.79 Å². The van der Waals surface area contributed by atoms with Gasteiger partial charge in [0.05, 0.1) is 10.9 Å². The Morgan fingerprint density at radius 1 is 1.52 bits per heavy atom. The van der Waals surface area contributed by atoms with E-state index in [1.54, 1.807) is 6.92 Å². The van der Waals surface area contributed by atoms with Crippen molar-refractivity contribution in [2.45, 2.75) is 30.7 Å². The van der Waals surface area contributed by atoms with Crippen LogP contribution in [0.4, 0.5) is 0 Å². The van der Waals surface area contributed by atoms with Crippen molar-refractivity contribution in [1.82, 2.24) is 4.72 Å². The lowest BCUT2D eigenvalue weighted by atomic mass is 10.2. The van der Waals surface area contributed by atoms with Gasteiger partial charge in [0, 0.05) is 0 Å². The van der Waals surface area contributed by atoms with Crippen molar-refractivity contribution in [3.8, 4) is 0 Å². The molecule has 2 N–H and O–H groups in total. The molecule has 1 atom stereocenters. The summed E-state index contributed by atoms with van der Waals surface area (Å²) in [6.45, 7) is 1.75. The van der Waals surface area contributed by atoms with Gasteiger partial charge in [-0.2, -0.15) is 4.72 Å². The maximum absolute atomic E-state index is 12.2. The highest BCUT2D eigenvalue weighted by molar-refractivity contribution is 9.11. The standard InChI is InChI=1S/C11H14BrNO6S2/c1-3-4-6(10(14)15)13-21(17,18)8-5-7(11(16)19-2)20-9(8)12/h5-6,13H,3-4H2,1-2H3,(H,14,15). The Bertz CT molecular complexity index is 639. The van der Waals surface area contributed by atoms with Crippen LogP contribution in [0.5, 0.6) is 0 Å². The molecule has 0 saturated carbocycles. The average Bonchev–Trinajstić information content (AvgIpc) is 2.80. The third-order valence-electron chi connectivity index (χ3n) is 2.50. The molecule has 1 aromatic rings. The van der Waals surface area contributed by atoms with Gasteiger partial charge >= 0.3 is 11.9 Å². The third kappa shape index (κ3) is 4.50. The first-order valence-electron chi connectivity index (χ1n) is 5.85. The lowest BCUT2D eigenvalue weighted by Crippen LogP contribution is -2.40. The summed E-state index contributed by atoms with van der Waals surface area (Å²) in [5.74, 6) is -1.91. The number of ether oxygens (including phenoxy) is 1. The van der Waals surface area contributed by atoms with Crippen LogP contribution >= 0.6 is 27.3 Å². The van der Waals surface area contributed by atoms with Crippen LogP contribution in [0.25, 0.3) is 0 Å². The summed E-state index contributed by atoms with van der Waals surface area (Å²) in [6, 6.07) is -0.0679. The second-order valence-corrected chi connectivity index (χ2v) is 8.09. The molecule has 1 rings (SSSR count). The maximum Gasteiger partial charge on any atom is 0.348 e. The largest absolute Gasteiger partial charge is 0.480 e. The molecule has 0 bridgehead atoms. The molecule has 0 aromatic carbocycles. The fraction of sp³-hybridized carbons (Fsp3) is 0.455. The molecule has 0 aliphatic rings. The Kier molecular flexibility index (Phi) is 6.32. The van der Waals surface area contributed by atoms with E-state index in [-0.39, 0.29) is 20.0 Å². The van der Waals surface area contributed by atoms with E-state index >= 15 is 0 Å². The number of methoxy groups -OCH3 is 1. The van der Waals surface area contributed by atoms with Crippen LogP contribution in [0, 0.1) is 0 Å². The number of esters is 1. The molecule has 10 heteroatoms. The Balaban J connectivity index is 3.10. The van der Waals surface area contributed by atoms with Gasteiger partial charge in [-0.1, -0.05) is 13.3 Å². The van der Waals surface area contributed by atoms with E-state index in [2.05, 4.69) is 25.4 Å². The van der Waals surface area contributed by atoms with Crippen molar-refractivity contribution in [2.24, 2.45) is 0 Å². The molecule has 0 saturated heterocycles. The SMILES string of the molecule is CCCC(NS(=O)(=O)c1cc(C(=O)OC)sc1Br)C(=O)O. The maximum atomic E-state index is 12.2. The molecule has 1 aromatic heterocycles. The molecule has 7 nitrogen and oxygen atoms in total. The molecule has 0 spiro atoms. The first-order chi connectivity index (χ1) is 9.72. The number of thiophene rings is 1. The highest BCUT2D eigenvalue weighted by Crippen LogP contribution is 2.32. The van der Waals surface area contributed by atoms with Gasteiger partial charge < -0.3 is 9.84 Å². The number of hydrogen-bond donors (Lipinski definition) is 2. The molecule has 0 amide bonds. The summed E-state index contributed by atoms with van der Waals surface area (Å²) in [4.78, 5) is 22.3. The number of nitrogens with one attached hydrogen (secondary N) is 1. The minimum Gasteiger partial charge on any atom is -0.480 e. The topological polar surface area (TPSA) is 110 Å². The molecule has 118 valence electrons. The summed E-state index contributed by atoms with van der Waals surface area (Å²) in [5.41, 5.74) is 0. The first kappa shape index (κ1) is 18.1. The number of carboxylic acids is 1. The molecule has 1 heterocycles. The second kappa shape index (κ2) is 7.34. The molecule has 0 fully saturated rings. The monoisotopic (exact) mass is 399 g/mol. The van der Waals surface area contributed by atoms with Crippen molar-refractivity contribution >= 4 is 49.2 Å². The zero-order valence-corrected chi connectivity index (χ0v) is 14.5. The Labute approximate surface area is 134 Å². The summed E-state index contributed by atoms with van der Waals surface area (Å²) in [5, 5.41) is 9.01. The van der Waals surface area contributed by atoms with Gasteiger partial charge in [0.25, 0.3) is 0 Å². The van der Waals surface area contributed by atoms with E-state index < -0.39 is 28.0 Å². The van der Waals surface area contributed by atoms with E-state index in [1.807, 2.05) is 0 Å². The van der Waals surface area contributed by atoms with Gasteiger partial charge in [0.15, 0.2) is 0 Å². The van der Waals surface area contributed by atoms with E-state index in [0.29, 0.717) is 6.42 Å². The lowest BCUT2D eigenvalue weighted by Gasteiger charge is -2.13. The number of aliphatic carboxylic acids is 1. The van der Waals surface area contributed by atoms with E-state index in [4.69, 9.17) is 5.11 Å². The Morgan fingerprint density at radius 3 is 2.62 bits per heavy atom. The fourth-order valence-electron chi connectivity index (χ4n) is 1.51. The average molecular weight is 400 g/mol. The second-order valence-electron chi connectivity index (χ2n) is 4.04. The molecule has 0 aliphatic carbocycles. The zero-order valence-electron chi connectivity index (χ0n) is 11.3. The smallest absolute Gasteiger partial charge is 0.348 e. The minimum absolute atomic E-state index is 0.104. The minimum atomic E-state index is -4.05. The van der Waals surface area contributed by atoms with Gasteiger partial charge in [0.1, 0.15) is 15.8 Å². The lowest BCUT2D eigenvalue weighted by molar-refractivity contribution is -0.139. The number of carbonyl (C=O) groups is 2. The highest BCUT2D eigenvalue weighted by atomic mass is 79.9. The van der Waals surface area contributed by atoms with Crippen LogP contribution in [0.2, 0.25) is 0 Å².